The number of benzene rings is 1. The Balaban J connectivity index is 0.00000112. The third-order valence-electron chi connectivity index (χ3n) is 7.69. The molecule has 4 atom stereocenters. The predicted octanol–water partition coefficient (Wildman–Crippen LogP) is 6.49. The molecule has 166 valence electrons. The van der Waals surface area contributed by atoms with Gasteiger partial charge in [-0.25, -0.2) is 0 Å². The Kier molecular flexibility index (Phi) is 6.60. The Morgan fingerprint density at radius 2 is 1.74 bits per heavy atom. The molecule has 1 heterocycles. The van der Waals surface area contributed by atoms with Gasteiger partial charge in [0.25, 0.3) is 0 Å². The van der Waals surface area contributed by atoms with Gasteiger partial charge >= 0.3 is 0 Å². The highest BCUT2D eigenvalue weighted by Gasteiger charge is 2.54. The zero-order valence-electron chi connectivity index (χ0n) is 19.2. The van der Waals surface area contributed by atoms with Crippen LogP contribution in [0.4, 0.5) is 0 Å². The molecule has 1 aromatic rings. The van der Waals surface area contributed by atoms with Gasteiger partial charge in [0, 0.05) is 17.7 Å². The summed E-state index contributed by atoms with van der Waals surface area (Å²) in [4.78, 5) is 26.2. The van der Waals surface area contributed by atoms with Crippen LogP contribution in [0, 0.1) is 17.3 Å². The van der Waals surface area contributed by atoms with Crippen LogP contribution in [-0.2, 0) is 14.3 Å². The van der Waals surface area contributed by atoms with E-state index in [-0.39, 0.29) is 17.3 Å². The SMILES string of the molecule is CC.CSc1ccc([C@H]2OC[C@]3(C)C(=O)CCC3C3CCC4=CC(=O)CCC4=C32)cc1. The Morgan fingerprint density at radius 1 is 1.00 bits per heavy atom. The first kappa shape index (κ1) is 22.5. The maximum absolute atomic E-state index is 12.9. The largest absolute Gasteiger partial charge is 0.368 e. The number of ketones is 2. The van der Waals surface area contributed by atoms with Crippen molar-refractivity contribution < 1.29 is 14.3 Å². The second kappa shape index (κ2) is 9.07. The summed E-state index contributed by atoms with van der Waals surface area (Å²) < 4.78 is 6.60. The highest BCUT2D eigenvalue weighted by Crippen LogP contribution is 2.57. The summed E-state index contributed by atoms with van der Waals surface area (Å²) in [6, 6.07) is 8.68. The van der Waals surface area contributed by atoms with Gasteiger partial charge in [-0.1, -0.05) is 32.9 Å². The standard InChI is InChI=1S/C25H28O3S.C2H6/c1-25-14-28-24(15-3-7-18(29-2)8-4-15)23-19-10-6-17(26)13-16(19)5-9-20(23)21(25)11-12-22(25)27;1-2/h3-4,7-8,13,20-21,24H,5-6,9-12,14H2,1-2H3;1-2H3/t20?,21?,24-,25+;/m1./s1. The molecule has 3 aliphatic carbocycles. The minimum atomic E-state index is -0.379. The summed E-state index contributed by atoms with van der Waals surface area (Å²) in [6.45, 7) is 6.63. The predicted molar refractivity (Wildman–Crippen MR) is 126 cm³/mol. The lowest BCUT2D eigenvalue weighted by molar-refractivity contribution is -0.130. The molecule has 5 rings (SSSR count). The molecule has 0 aromatic heterocycles. The van der Waals surface area contributed by atoms with E-state index < -0.39 is 0 Å². The van der Waals surface area contributed by atoms with Crippen molar-refractivity contribution in [1.29, 1.82) is 0 Å². The van der Waals surface area contributed by atoms with Crippen LogP contribution >= 0.6 is 11.8 Å². The number of ether oxygens (including phenoxy) is 1. The minimum Gasteiger partial charge on any atom is -0.368 e. The number of hydrogen-bond donors (Lipinski definition) is 0. The van der Waals surface area contributed by atoms with Gasteiger partial charge in [0.1, 0.15) is 11.9 Å². The number of fused-ring (bicyclic) bond motifs is 4. The van der Waals surface area contributed by atoms with Crippen molar-refractivity contribution in [2.45, 2.75) is 70.3 Å². The number of hydrogen-bond acceptors (Lipinski definition) is 4. The summed E-state index contributed by atoms with van der Waals surface area (Å²) in [6.07, 6.45) is 8.88. The normalized spacial score (nSPS) is 32.3. The van der Waals surface area contributed by atoms with Crippen LogP contribution in [0.3, 0.4) is 0 Å². The zero-order chi connectivity index (χ0) is 22.2. The fourth-order valence-corrected chi connectivity index (χ4v) is 6.52. The molecular formula is C27H34O3S. The fourth-order valence-electron chi connectivity index (χ4n) is 6.11. The third-order valence-corrected chi connectivity index (χ3v) is 8.43. The Morgan fingerprint density at radius 3 is 2.45 bits per heavy atom. The van der Waals surface area contributed by atoms with Crippen LogP contribution in [0.15, 0.2) is 52.0 Å². The van der Waals surface area contributed by atoms with Crippen LogP contribution in [0.1, 0.15) is 71.0 Å². The van der Waals surface area contributed by atoms with E-state index in [1.165, 1.54) is 27.2 Å². The van der Waals surface area contributed by atoms with Crippen LogP contribution in [0.25, 0.3) is 0 Å². The van der Waals surface area contributed by atoms with E-state index in [1.807, 2.05) is 19.9 Å². The van der Waals surface area contributed by atoms with Gasteiger partial charge in [0.15, 0.2) is 5.78 Å². The summed E-state index contributed by atoms with van der Waals surface area (Å²) in [7, 11) is 0. The number of thioether (sulfide) groups is 1. The molecule has 0 N–H and O–H groups in total. The Bertz CT molecular complexity index is 926. The minimum absolute atomic E-state index is 0.113. The van der Waals surface area contributed by atoms with Gasteiger partial charge < -0.3 is 4.74 Å². The van der Waals surface area contributed by atoms with Gasteiger partial charge in [0.05, 0.1) is 12.0 Å². The summed E-state index contributed by atoms with van der Waals surface area (Å²) >= 11 is 1.74. The van der Waals surface area contributed by atoms with Gasteiger partial charge in [-0.15, -0.1) is 11.8 Å². The quantitative estimate of drug-likeness (QED) is 0.495. The first-order chi connectivity index (χ1) is 15.0. The average molecular weight is 439 g/mol. The molecule has 2 fully saturated rings. The molecular weight excluding hydrogens is 404 g/mol. The average Bonchev–Trinajstić information content (AvgIpc) is 3.02. The highest BCUT2D eigenvalue weighted by atomic mass is 32.2. The molecule has 0 radical (unpaired) electrons. The van der Waals surface area contributed by atoms with Crippen molar-refractivity contribution in [2.75, 3.05) is 12.9 Å². The molecule has 2 unspecified atom stereocenters. The van der Waals surface area contributed by atoms with Crippen LogP contribution in [0.2, 0.25) is 0 Å². The number of allylic oxidation sites excluding steroid dienone is 3. The smallest absolute Gasteiger partial charge is 0.156 e. The van der Waals surface area contributed by atoms with E-state index in [1.54, 1.807) is 11.8 Å². The molecule has 4 heteroatoms. The molecule has 1 saturated carbocycles. The number of carbonyl (C=O) groups excluding carboxylic acids is 2. The van der Waals surface area contributed by atoms with E-state index in [0.29, 0.717) is 37.1 Å². The number of rotatable bonds is 2. The van der Waals surface area contributed by atoms with Crippen LogP contribution < -0.4 is 0 Å². The maximum atomic E-state index is 12.9. The highest BCUT2D eigenvalue weighted by molar-refractivity contribution is 7.98. The van der Waals surface area contributed by atoms with E-state index >= 15 is 0 Å². The first-order valence-corrected chi connectivity index (χ1v) is 13.0. The van der Waals surface area contributed by atoms with E-state index in [2.05, 4.69) is 37.4 Å². The van der Waals surface area contributed by atoms with E-state index in [9.17, 15) is 9.59 Å². The molecule has 0 spiro atoms. The van der Waals surface area contributed by atoms with Gasteiger partial charge in [-0.05, 0) is 84.3 Å². The molecule has 0 amide bonds. The molecule has 1 aromatic carbocycles. The fraction of sp³-hybridized carbons (Fsp3) is 0.556. The monoisotopic (exact) mass is 438 g/mol. The Hall–Kier alpha value is -1.65. The summed E-state index contributed by atoms with van der Waals surface area (Å²) in [5, 5.41) is 0. The zero-order valence-corrected chi connectivity index (χ0v) is 20.0. The van der Waals surface area contributed by atoms with Crippen molar-refractivity contribution in [3.8, 4) is 0 Å². The molecule has 31 heavy (non-hydrogen) atoms. The van der Waals surface area contributed by atoms with Crippen molar-refractivity contribution in [3.05, 3.63) is 52.6 Å². The lowest BCUT2D eigenvalue weighted by Gasteiger charge is -2.39. The van der Waals surface area contributed by atoms with Crippen LogP contribution in [-0.4, -0.2) is 24.4 Å². The Labute approximate surface area is 190 Å². The summed E-state index contributed by atoms with van der Waals surface area (Å²) in [5.74, 6) is 1.34. The van der Waals surface area contributed by atoms with Crippen molar-refractivity contribution in [1.82, 2.24) is 0 Å². The van der Waals surface area contributed by atoms with Gasteiger partial charge in [0.2, 0.25) is 0 Å². The van der Waals surface area contributed by atoms with E-state index in [4.69, 9.17) is 4.74 Å². The molecule has 1 saturated heterocycles. The van der Waals surface area contributed by atoms with E-state index in [0.717, 1.165) is 25.7 Å². The van der Waals surface area contributed by atoms with Crippen molar-refractivity contribution >= 4 is 23.3 Å². The summed E-state index contributed by atoms with van der Waals surface area (Å²) in [5.41, 5.74) is 4.73. The molecule has 0 bridgehead atoms. The van der Waals surface area contributed by atoms with Crippen molar-refractivity contribution in [3.63, 3.8) is 0 Å². The topological polar surface area (TPSA) is 43.4 Å². The molecule has 1 aliphatic heterocycles. The second-order valence-electron chi connectivity index (χ2n) is 9.16. The number of Topliss-reactive ketones (excluding diaryl/α,β-unsaturated/α-hetero) is 1. The van der Waals surface area contributed by atoms with Gasteiger partial charge in [-0.2, -0.15) is 0 Å². The second-order valence-corrected chi connectivity index (χ2v) is 10.0. The van der Waals surface area contributed by atoms with Crippen molar-refractivity contribution in [2.24, 2.45) is 17.3 Å². The first-order valence-electron chi connectivity index (χ1n) is 11.8. The number of carbonyl (C=O) groups is 2. The molecule has 3 nitrogen and oxygen atoms in total. The lowest BCUT2D eigenvalue weighted by Crippen LogP contribution is -2.36. The van der Waals surface area contributed by atoms with Crippen LogP contribution in [0.5, 0.6) is 0 Å². The lowest BCUT2D eigenvalue weighted by atomic mass is 9.64. The maximum Gasteiger partial charge on any atom is 0.156 e. The molecule has 4 aliphatic rings. The third kappa shape index (κ3) is 3.87. The van der Waals surface area contributed by atoms with Gasteiger partial charge in [-0.3, -0.25) is 9.59 Å².